The van der Waals surface area contributed by atoms with Gasteiger partial charge >= 0.3 is 0 Å². The van der Waals surface area contributed by atoms with Gasteiger partial charge in [-0.25, -0.2) is 4.98 Å². The van der Waals surface area contributed by atoms with Crippen molar-refractivity contribution in [2.24, 2.45) is 0 Å². The minimum Gasteiger partial charge on any atom is -0.493 e. The van der Waals surface area contributed by atoms with Gasteiger partial charge in [0.25, 0.3) is 0 Å². The Balaban J connectivity index is 1.78. The van der Waals surface area contributed by atoms with E-state index < -0.39 is 0 Å². The molecular formula is C17H17N3O. The molecule has 1 aromatic carbocycles. The van der Waals surface area contributed by atoms with Crippen molar-refractivity contribution in [2.75, 3.05) is 18.6 Å². The lowest BCUT2D eigenvalue weighted by molar-refractivity contribution is 0.417. The SMILES string of the molecule is COc1cccn2c3c(nc12)CCN(c1ccccc1)C3. The molecule has 4 heteroatoms. The molecule has 2 aromatic heterocycles. The second kappa shape index (κ2) is 4.81. The van der Waals surface area contributed by atoms with E-state index in [1.54, 1.807) is 7.11 Å². The van der Waals surface area contributed by atoms with Crippen LogP contribution in [-0.4, -0.2) is 23.0 Å². The second-order valence-electron chi connectivity index (χ2n) is 5.28. The lowest BCUT2D eigenvalue weighted by Gasteiger charge is -2.28. The molecule has 3 heterocycles. The first kappa shape index (κ1) is 12.3. The Labute approximate surface area is 123 Å². The minimum absolute atomic E-state index is 0.832. The van der Waals surface area contributed by atoms with Crippen LogP contribution in [0.15, 0.2) is 48.7 Å². The molecule has 0 radical (unpaired) electrons. The van der Waals surface area contributed by atoms with Gasteiger partial charge in [0.1, 0.15) is 0 Å². The largest absolute Gasteiger partial charge is 0.493 e. The number of ether oxygens (including phenoxy) is 1. The Kier molecular flexibility index (Phi) is 2.81. The van der Waals surface area contributed by atoms with Crippen LogP contribution in [-0.2, 0) is 13.0 Å². The smallest absolute Gasteiger partial charge is 0.180 e. The minimum atomic E-state index is 0.832. The number of hydrogen-bond donors (Lipinski definition) is 0. The second-order valence-corrected chi connectivity index (χ2v) is 5.28. The molecule has 1 aliphatic rings. The van der Waals surface area contributed by atoms with E-state index in [-0.39, 0.29) is 0 Å². The van der Waals surface area contributed by atoms with Crippen molar-refractivity contribution in [3.05, 3.63) is 60.0 Å². The van der Waals surface area contributed by atoms with E-state index in [9.17, 15) is 0 Å². The van der Waals surface area contributed by atoms with E-state index in [1.165, 1.54) is 17.1 Å². The third-order valence-electron chi connectivity index (χ3n) is 4.10. The van der Waals surface area contributed by atoms with Crippen molar-refractivity contribution in [3.63, 3.8) is 0 Å². The Morgan fingerprint density at radius 1 is 1.10 bits per heavy atom. The molecule has 0 unspecified atom stereocenters. The van der Waals surface area contributed by atoms with Gasteiger partial charge < -0.3 is 9.64 Å². The summed E-state index contributed by atoms with van der Waals surface area (Å²) < 4.78 is 7.58. The van der Waals surface area contributed by atoms with Crippen molar-refractivity contribution in [3.8, 4) is 5.75 Å². The molecule has 0 fully saturated rings. The van der Waals surface area contributed by atoms with E-state index >= 15 is 0 Å². The van der Waals surface area contributed by atoms with Crippen LogP contribution in [0.4, 0.5) is 5.69 Å². The van der Waals surface area contributed by atoms with Crippen LogP contribution in [0.5, 0.6) is 5.75 Å². The zero-order valence-electron chi connectivity index (χ0n) is 12.0. The maximum Gasteiger partial charge on any atom is 0.180 e. The highest BCUT2D eigenvalue weighted by atomic mass is 16.5. The van der Waals surface area contributed by atoms with Crippen molar-refractivity contribution in [1.29, 1.82) is 0 Å². The maximum absolute atomic E-state index is 5.42. The molecule has 0 N–H and O–H groups in total. The van der Waals surface area contributed by atoms with Crippen LogP contribution in [0.2, 0.25) is 0 Å². The third kappa shape index (κ3) is 1.95. The molecule has 0 saturated heterocycles. The molecule has 0 amide bonds. The number of aromatic nitrogens is 2. The summed E-state index contributed by atoms with van der Waals surface area (Å²) in [6, 6.07) is 14.5. The molecule has 4 rings (SSSR count). The molecule has 0 spiro atoms. The lowest BCUT2D eigenvalue weighted by Crippen LogP contribution is -2.30. The number of rotatable bonds is 2. The molecule has 0 saturated carbocycles. The summed E-state index contributed by atoms with van der Waals surface area (Å²) in [6.45, 7) is 1.89. The summed E-state index contributed by atoms with van der Waals surface area (Å²) in [5, 5.41) is 0. The van der Waals surface area contributed by atoms with Crippen LogP contribution < -0.4 is 9.64 Å². The van der Waals surface area contributed by atoms with Crippen LogP contribution in [0.3, 0.4) is 0 Å². The number of hydrogen-bond acceptors (Lipinski definition) is 3. The number of para-hydroxylation sites is 1. The van der Waals surface area contributed by atoms with Crippen molar-refractivity contribution >= 4 is 11.3 Å². The van der Waals surface area contributed by atoms with Gasteiger partial charge in [0.2, 0.25) is 0 Å². The summed E-state index contributed by atoms with van der Waals surface area (Å²) in [5.41, 5.74) is 4.63. The fraction of sp³-hybridized carbons (Fsp3) is 0.235. The number of benzene rings is 1. The highest BCUT2D eigenvalue weighted by molar-refractivity contribution is 5.58. The molecule has 3 aromatic rings. The van der Waals surface area contributed by atoms with Crippen LogP contribution in [0, 0.1) is 0 Å². The molecule has 1 aliphatic heterocycles. The van der Waals surface area contributed by atoms with Gasteiger partial charge in [-0.3, -0.25) is 4.40 Å². The summed E-state index contributed by atoms with van der Waals surface area (Å²) in [6.07, 6.45) is 3.03. The molecular weight excluding hydrogens is 262 g/mol. The molecule has 4 nitrogen and oxygen atoms in total. The van der Waals surface area contributed by atoms with Gasteiger partial charge in [0.15, 0.2) is 11.4 Å². The Hall–Kier alpha value is -2.49. The predicted octanol–water partition coefficient (Wildman–Crippen LogP) is 2.91. The number of fused-ring (bicyclic) bond motifs is 3. The van der Waals surface area contributed by atoms with Crippen LogP contribution >= 0.6 is 0 Å². The summed E-state index contributed by atoms with van der Waals surface area (Å²) >= 11 is 0. The quantitative estimate of drug-likeness (QED) is 0.722. The van der Waals surface area contributed by atoms with Crippen LogP contribution in [0.1, 0.15) is 11.4 Å². The van der Waals surface area contributed by atoms with Gasteiger partial charge in [-0.2, -0.15) is 0 Å². The fourth-order valence-corrected chi connectivity index (χ4v) is 3.03. The number of pyridine rings is 1. The van der Waals surface area contributed by atoms with Gasteiger partial charge in [-0.15, -0.1) is 0 Å². The zero-order chi connectivity index (χ0) is 14.2. The van der Waals surface area contributed by atoms with Gasteiger partial charge in [-0.1, -0.05) is 18.2 Å². The topological polar surface area (TPSA) is 29.8 Å². The van der Waals surface area contributed by atoms with E-state index in [2.05, 4.69) is 45.8 Å². The molecule has 0 aliphatic carbocycles. The van der Waals surface area contributed by atoms with E-state index in [1.807, 2.05) is 12.1 Å². The van der Waals surface area contributed by atoms with Crippen molar-refractivity contribution in [1.82, 2.24) is 9.38 Å². The summed E-state index contributed by atoms with van der Waals surface area (Å²) in [5.74, 6) is 0.832. The van der Waals surface area contributed by atoms with Crippen molar-refractivity contribution < 1.29 is 4.74 Å². The van der Waals surface area contributed by atoms with Gasteiger partial charge in [0, 0.05) is 24.8 Å². The highest BCUT2D eigenvalue weighted by Gasteiger charge is 2.22. The van der Waals surface area contributed by atoms with E-state index in [0.29, 0.717) is 0 Å². The first-order chi connectivity index (χ1) is 10.4. The molecule has 106 valence electrons. The monoisotopic (exact) mass is 279 g/mol. The fourth-order valence-electron chi connectivity index (χ4n) is 3.03. The third-order valence-corrected chi connectivity index (χ3v) is 4.10. The van der Waals surface area contributed by atoms with E-state index in [4.69, 9.17) is 9.72 Å². The molecule has 0 atom stereocenters. The highest BCUT2D eigenvalue weighted by Crippen LogP contribution is 2.28. The number of nitrogens with zero attached hydrogens (tertiary/aromatic N) is 3. The van der Waals surface area contributed by atoms with Crippen molar-refractivity contribution in [2.45, 2.75) is 13.0 Å². The number of anilines is 1. The van der Waals surface area contributed by atoms with E-state index in [0.717, 1.165) is 30.9 Å². The average Bonchev–Trinajstić information content (AvgIpc) is 2.93. The van der Waals surface area contributed by atoms with Crippen LogP contribution in [0.25, 0.3) is 5.65 Å². The molecule has 0 bridgehead atoms. The number of methoxy groups -OCH3 is 1. The lowest BCUT2D eigenvalue weighted by atomic mass is 10.1. The molecule has 21 heavy (non-hydrogen) atoms. The first-order valence-corrected chi connectivity index (χ1v) is 7.19. The zero-order valence-corrected chi connectivity index (χ0v) is 12.0. The van der Waals surface area contributed by atoms with Gasteiger partial charge in [0.05, 0.1) is 25.0 Å². The predicted molar refractivity (Wildman–Crippen MR) is 82.9 cm³/mol. The Bertz CT molecular complexity index is 779. The standard InChI is InChI=1S/C17H17N3O/c1-21-16-8-5-10-20-15-12-19(13-6-3-2-4-7-13)11-9-14(15)18-17(16)20/h2-8,10H,9,11-12H2,1H3. The Morgan fingerprint density at radius 3 is 2.76 bits per heavy atom. The average molecular weight is 279 g/mol. The number of imidazole rings is 1. The summed E-state index contributed by atoms with van der Waals surface area (Å²) in [4.78, 5) is 7.16. The van der Waals surface area contributed by atoms with Gasteiger partial charge in [-0.05, 0) is 24.3 Å². The first-order valence-electron chi connectivity index (χ1n) is 7.19. The summed E-state index contributed by atoms with van der Waals surface area (Å²) in [7, 11) is 1.69. The normalized spacial score (nSPS) is 14.2. The maximum atomic E-state index is 5.42. The Morgan fingerprint density at radius 2 is 1.95 bits per heavy atom.